The number of carbonyl (C=O) groups excluding carboxylic acids is 1. The van der Waals surface area contributed by atoms with Crippen LogP contribution in [0.2, 0.25) is 0 Å². The minimum absolute atomic E-state index is 0.0871. The lowest BCUT2D eigenvalue weighted by Crippen LogP contribution is -2.24. The van der Waals surface area contributed by atoms with Crippen molar-refractivity contribution in [3.63, 3.8) is 0 Å². The van der Waals surface area contributed by atoms with Gasteiger partial charge in [-0.1, -0.05) is 11.3 Å². The van der Waals surface area contributed by atoms with Crippen LogP contribution in [0.25, 0.3) is 16.6 Å². The van der Waals surface area contributed by atoms with Crippen molar-refractivity contribution in [3.8, 4) is 5.69 Å². The highest BCUT2D eigenvalue weighted by atomic mass is 19.3. The molecule has 0 unspecified atom stereocenters. The highest BCUT2D eigenvalue weighted by molar-refractivity contribution is 6.07. The number of aromatic nitrogens is 4. The second-order valence-corrected chi connectivity index (χ2v) is 8.35. The molecule has 0 saturated heterocycles. The van der Waals surface area contributed by atoms with Crippen molar-refractivity contribution in [3.05, 3.63) is 71.4 Å². The Morgan fingerprint density at radius 3 is 2.53 bits per heavy atom. The highest BCUT2D eigenvalue weighted by Crippen LogP contribution is 2.41. The van der Waals surface area contributed by atoms with Crippen LogP contribution in [0.15, 0.2) is 42.7 Å². The van der Waals surface area contributed by atoms with Crippen LogP contribution < -0.4 is 5.32 Å². The van der Waals surface area contributed by atoms with Crippen LogP contribution in [0.5, 0.6) is 0 Å². The number of halogens is 5. The van der Waals surface area contributed by atoms with E-state index in [0.717, 1.165) is 12.1 Å². The van der Waals surface area contributed by atoms with Gasteiger partial charge in [-0.15, -0.1) is 5.10 Å². The third-order valence-corrected chi connectivity index (χ3v) is 6.10. The van der Waals surface area contributed by atoms with Crippen molar-refractivity contribution in [2.45, 2.75) is 37.5 Å². The predicted molar refractivity (Wildman–Crippen MR) is 114 cm³/mol. The number of amides is 1. The number of aromatic amines is 1. The molecule has 0 aliphatic heterocycles. The standard InChI is InChI=1S/C23H18F5N5O/c24-16-7-13(1-2-14(16)12-3-5-23(27,28)6-4-12)33-11-21(31-32-33)22(34)30-20-10-29-19-9-18(26)17(25)8-15(19)20/h1-2,7-12,29H,3-6H2,(H,30,34). The molecule has 0 atom stereocenters. The van der Waals surface area contributed by atoms with Crippen molar-refractivity contribution in [1.82, 2.24) is 20.0 Å². The summed E-state index contributed by atoms with van der Waals surface area (Å²) in [5, 5.41) is 10.5. The van der Waals surface area contributed by atoms with E-state index in [0.29, 0.717) is 16.8 Å². The Kier molecular flexibility index (Phi) is 5.34. The predicted octanol–water partition coefficient (Wildman–Crippen LogP) is 5.71. The van der Waals surface area contributed by atoms with E-state index in [1.165, 1.54) is 23.1 Å². The molecule has 0 radical (unpaired) electrons. The third-order valence-electron chi connectivity index (χ3n) is 6.10. The summed E-state index contributed by atoms with van der Waals surface area (Å²) < 4.78 is 69.7. The van der Waals surface area contributed by atoms with Gasteiger partial charge in [0.1, 0.15) is 5.82 Å². The van der Waals surface area contributed by atoms with Crippen molar-refractivity contribution in [2.24, 2.45) is 0 Å². The molecule has 0 spiro atoms. The molecule has 1 aliphatic rings. The van der Waals surface area contributed by atoms with Gasteiger partial charge in [-0.05, 0) is 42.5 Å². The molecule has 6 nitrogen and oxygen atoms in total. The molecule has 176 valence electrons. The number of nitrogens with one attached hydrogen (secondary N) is 2. The van der Waals surface area contributed by atoms with Gasteiger partial charge in [-0.3, -0.25) is 4.79 Å². The Morgan fingerprint density at radius 2 is 1.79 bits per heavy atom. The number of alkyl halides is 2. The van der Waals surface area contributed by atoms with Gasteiger partial charge in [0.2, 0.25) is 5.92 Å². The number of hydrogen-bond acceptors (Lipinski definition) is 3. The van der Waals surface area contributed by atoms with Crippen LogP contribution in [0.3, 0.4) is 0 Å². The van der Waals surface area contributed by atoms with E-state index < -0.39 is 29.3 Å². The maximum absolute atomic E-state index is 14.8. The van der Waals surface area contributed by atoms with Gasteiger partial charge in [-0.25, -0.2) is 26.6 Å². The zero-order chi connectivity index (χ0) is 24.0. The van der Waals surface area contributed by atoms with Crippen LogP contribution in [-0.4, -0.2) is 31.8 Å². The Morgan fingerprint density at radius 1 is 1.06 bits per heavy atom. The smallest absolute Gasteiger partial charge is 0.277 e. The van der Waals surface area contributed by atoms with Crippen molar-refractivity contribution >= 4 is 22.5 Å². The summed E-state index contributed by atoms with van der Waals surface area (Å²) in [7, 11) is 0. The zero-order valence-electron chi connectivity index (χ0n) is 17.6. The van der Waals surface area contributed by atoms with Gasteiger partial charge in [-0.2, -0.15) is 0 Å². The van der Waals surface area contributed by atoms with E-state index in [1.807, 2.05) is 0 Å². The fourth-order valence-electron chi connectivity index (χ4n) is 4.24. The molecule has 1 amide bonds. The van der Waals surface area contributed by atoms with Crippen molar-refractivity contribution < 1.29 is 26.7 Å². The molecule has 5 rings (SSSR count). The van der Waals surface area contributed by atoms with E-state index in [1.54, 1.807) is 12.1 Å². The first-order chi connectivity index (χ1) is 16.2. The zero-order valence-corrected chi connectivity index (χ0v) is 17.6. The molecule has 11 heteroatoms. The molecule has 1 saturated carbocycles. The number of H-pyrrole nitrogens is 1. The van der Waals surface area contributed by atoms with Crippen LogP contribution >= 0.6 is 0 Å². The fourth-order valence-corrected chi connectivity index (χ4v) is 4.24. The number of nitrogens with zero attached hydrogens (tertiary/aromatic N) is 3. The SMILES string of the molecule is O=C(Nc1c[nH]c2cc(F)c(F)cc12)c1cn(-c2ccc(C3CCC(F)(F)CC3)c(F)c2)nn1. The van der Waals surface area contributed by atoms with Crippen LogP contribution in [0, 0.1) is 17.5 Å². The second kappa shape index (κ2) is 8.23. The molecule has 0 bridgehead atoms. The summed E-state index contributed by atoms with van der Waals surface area (Å²) in [4.78, 5) is 15.3. The number of anilines is 1. The lowest BCUT2D eigenvalue weighted by Gasteiger charge is -2.28. The quantitative estimate of drug-likeness (QED) is 0.371. The van der Waals surface area contributed by atoms with E-state index in [4.69, 9.17) is 0 Å². The molecule has 2 N–H and O–H groups in total. The van der Waals surface area contributed by atoms with Crippen molar-refractivity contribution in [2.75, 3.05) is 5.32 Å². The molecule has 1 aliphatic carbocycles. The first-order valence-corrected chi connectivity index (χ1v) is 10.6. The minimum atomic E-state index is -2.69. The van der Waals surface area contributed by atoms with E-state index in [9.17, 15) is 26.7 Å². The number of rotatable bonds is 4. The summed E-state index contributed by atoms with van der Waals surface area (Å²) >= 11 is 0. The first kappa shape index (κ1) is 22.1. The molecule has 1 fully saturated rings. The first-order valence-electron chi connectivity index (χ1n) is 10.6. The fraction of sp³-hybridized carbons (Fsp3) is 0.261. The second-order valence-electron chi connectivity index (χ2n) is 8.35. The third kappa shape index (κ3) is 4.13. The number of hydrogen-bond donors (Lipinski definition) is 2. The normalized spacial score (nSPS) is 16.1. The van der Waals surface area contributed by atoms with E-state index in [-0.39, 0.29) is 48.4 Å². The number of fused-ring (bicyclic) bond motifs is 1. The molecule has 4 aromatic rings. The number of benzene rings is 2. The lowest BCUT2D eigenvalue weighted by atomic mass is 9.82. The Hall–Kier alpha value is -3.76. The molecular formula is C23H18F5N5O. The van der Waals surface area contributed by atoms with Gasteiger partial charge in [0.05, 0.1) is 23.1 Å². The maximum Gasteiger partial charge on any atom is 0.277 e. The summed E-state index contributed by atoms with van der Waals surface area (Å²) in [5.41, 5.74) is 1.12. The van der Waals surface area contributed by atoms with Gasteiger partial charge in [0, 0.05) is 30.5 Å². The highest BCUT2D eigenvalue weighted by Gasteiger charge is 2.36. The largest absolute Gasteiger partial charge is 0.359 e. The summed E-state index contributed by atoms with van der Waals surface area (Å²) in [6.07, 6.45) is 2.57. The summed E-state index contributed by atoms with van der Waals surface area (Å²) in [5.74, 6) is -6.24. The molecular weight excluding hydrogens is 457 g/mol. The maximum atomic E-state index is 14.8. The molecule has 2 aromatic heterocycles. The number of carbonyl (C=O) groups is 1. The van der Waals surface area contributed by atoms with Gasteiger partial charge in [0.25, 0.3) is 5.91 Å². The Bertz CT molecular complexity index is 1390. The Labute approximate surface area is 189 Å². The average molecular weight is 475 g/mol. The van der Waals surface area contributed by atoms with Crippen molar-refractivity contribution in [1.29, 1.82) is 0 Å². The van der Waals surface area contributed by atoms with Crippen LogP contribution in [0.1, 0.15) is 47.7 Å². The summed E-state index contributed by atoms with van der Waals surface area (Å²) in [6.45, 7) is 0. The summed E-state index contributed by atoms with van der Waals surface area (Å²) in [6, 6.07) is 6.28. The topological polar surface area (TPSA) is 75.6 Å². The molecule has 34 heavy (non-hydrogen) atoms. The van der Waals surface area contributed by atoms with E-state index in [2.05, 4.69) is 20.6 Å². The van der Waals surface area contributed by atoms with E-state index >= 15 is 0 Å². The lowest BCUT2D eigenvalue weighted by molar-refractivity contribution is -0.0384. The molecule has 2 aromatic carbocycles. The van der Waals surface area contributed by atoms with Crippen LogP contribution in [0.4, 0.5) is 27.6 Å². The Balaban J connectivity index is 1.32. The van der Waals surface area contributed by atoms with Crippen LogP contribution in [-0.2, 0) is 0 Å². The minimum Gasteiger partial charge on any atom is -0.359 e. The average Bonchev–Trinajstić information content (AvgIpc) is 3.43. The van der Waals surface area contributed by atoms with Gasteiger partial charge < -0.3 is 10.3 Å². The molecule has 2 heterocycles. The monoisotopic (exact) mass is 475 g/mol. The van der Waals surface area contributed by atoms with Gasteiger partial charge in [0.15, 0.2) is 17.3 Å². The van der Waals surface area contributed by atoms with Gasteiger partial charge >= 0.3 is 0 Å².